The van der Waals surface area contributed by atoms with E-state index in [0.29, 0.717) is 12.0 Å². The Morgan fingerprint density at radius 3 is 2.41 bits per heavy atom. The number of halogens is 3. The van der Waals surface area contributed by atoms with Crippen LogP contribution in [0.4, 0.5) is 13.2 Å². The summed E-state index contributed by atoms with van der Waals surface area (Å²) in [5.41, 5.74) is 0.683. The molecular formula is C10H12F3NO2S. The molecule has 1 atom stereocenters. The number of hydrogen-bond donors (Lipinski definition) is 1. The predicted molar refractivity (Wildman–Crippen MR) is 57.0 cm³/mol. The normalized spacial score (nSPS) is 14.6. The number of sulfone groups is 1. The van der Waals surface area contributed by atoms with Gasteiger partial charge in [0.2, 0.25) is 0 Å². The van der Waals surface area contributed by atoms with Crippen molar-refractivity contribution < 1.29 is 21.6 Å². The van der Waals surface area contributed by atoms with Gasteiger partial charge in [0.1, 0.15) is 0 Å². The van der Waals surface area contributed by atoms with E-state index < -0.39 is 20.2 Å². The molecule has 0 fully saturated rings. The molecule has 0 unspecified atom stereocenters. The van der Waals surface area contributed by atoms with Crippen LogP contribution >= 0.6 is 0 Å². The first-order valence-corrected chi connectivity index (χ1v) is 6.29. The van der Waals surface area contributed by atoms with E-state index in [4.69, 9.17) is 5.73 Å². The third-order valence-electron chi connectivity index (χ3n) is 2.07. The first-order valence-electron chi connectivity index (χ1n) is 4.80. The Morgan fingerprint density at radius 2 is 1.94 bits per heavy atom. The third-order valence-corrected chi connectivity index (χ3v) is 3.56. The zero-order chi connectivity index (χ0) is 13.3. The molecule has 0 bridgehead atoms. The fourth-order valence-corrected chi connectivity index (χ4v) is 2.18. The minimum Gasteiger partial charge on any atom is -0.328 e. The Hall–Kier alpha value is -1.08. The average Bonchev–Trinajstić information content (AvgIpc) is 2.15. The first-order chi connectivity index (χ1) is 7.64. The molecular weight excluding hydrogens is 255 g/mol. The van der Waals surface area contributed by atoms with Crippen LogP contribution in [0.3, 0.4) is 0 Å². The summed E-state index contributed by atoms with van der Waals surface area (Å²) in [5.74, 6) is 0. The smallest absolute Gasteiger partial charge is 0.328 e. The highest BCUT2D eigenvalue weighted by Gasteiger charge is 2.46. The van der Waals surface area contributed by atoms with Crippen molar-refractivity contribution in [3.63, 3.8) is 0 Å². The van der Waals surface area contributed by atoms with Gasteiger partial charge in [-0.15, -0.1) is 0 Å². The fraction of sp³-hybridized carbons (Fsp3) is 0.400. The van der Waals surface area contributed by atoms with Crippen LogP contribution in [0, 0.1) is 0 Å². The lowest BCUT2D eigenvalue weighted by Gasteiger charge is -2.10. The summed E-state index contributed by atoms with van der Waals surface area (Å²) in [4.78, 5) is -0.747. The zero-order valence-electron chi connectivity index (χ0n) is 9.03. The van der Waals surface area contributed by atoms with E-state index in [-0.39, 0.29) is 6.04 Å². The van der Waals surface area contributed by atoms with Crippen molar-refractivity contribution in [3.05, 3.63) is 29.8 Å². The van der Waals surface area contributed by atoms with Crippen LogP contribution in [0.2, 0.25) is 0 Å². The maximum Gasteiger partial charge on any atom is 0.501 e. The van der Waals surface area contributed by atoms with Gasteiger partial charge in [0.05, 0.1) is 4.90 Å². The lowest BCUT2D eigenvalue weighted by atomic mass is 10.1. The first kappa shape index (κ1) is 14.0. The van der Waals surface area contributed by atoms with Crippen molar-refractivity contribution in [3.8, 4) is 0 Å². The van der Waals surface area contributed by atoms with Gasteiger partial charge in [-0.2, -0.15) is 13.2 Å². The lowest BCUT2D eigenvalue weighted by Crippen LogP contribution is -2.23. The highest BCUT2D eigenvalue weighted by Crippen LogP contribution is 2.30. The topological polar surface area (TPSA) is 60.2 Å². The molecule has 0 spiro atoms. The quantitative estimate of drug-likeness (QED) is 0.909. The van der Waals surface area contributed by atoms with Crippen LogP contribution < -0.4 is 5.73 Å². The Labute approximate surface area is 97.4 Å². The van der Waals surface area contributed by atoms with Gasteiger partial charge in [0.15, 0.2) is 0 Å². The van der Waals surface area contributed by atoms with Crippen molar-refractivity contribution in [1.29, 1.82) is 0 Å². The average molecular weight is 267 g/mol. The van der Waals surface area contributed by atoms with Crippen LogP contribution in [0.15, 0.2) is 29.2 Å². The molecule has 1 aromatic carbocycles. The van der Waals surface area contributed by atoms with E-state index in [2.05, 4.69) is 0 Å². The predicted octanol–water partition coefficient (Wildman–Crippen LogP) is 1.87. The second kappa shape index (κ2) is 4.66. The standard InChI is InChI=1S/C10H12F3NO2S/c1-7(14)5-8-3-2-4-9(6-8)17(15,16)10(11,12)13/h2-4,6-7H,5,14H2,1H3/t7-/m0/s1. The van der Waals surface area contributed by atoms with Crippen LogP contribution in [0.1, 0.15) is 12.5 Å². The number of benzene rings is 1. The molecule has 0 saturated carbocycles. The molecule has 1 rings (SSSR count). The molecule has 0 aromatic heterocycles. The molecule has 1 aromatic rings. The molecule has 0 aliphatic carbocycles. The highest BCUT2D eigenvalue weighted by atomic mass is 32.2. The van der Waals surface area contributed by atoms with Gasteiger partial charge in [-0.3, -0.25) is 0 Å². The SMILES string of the molecule is C[C@H](N)Cc1cccc(S(=O)(=O)C(F)(F)F)c1. The van der Waals surface area contributed by atoms with E-state index in [1.807, 2.05) is 0 Å². The van der Waals surface area contributed by atoms with E-state index in [0.717, 1.165) is 12.1 Å². The largest absolute Gasteiger partial charge is 0.501 e. The van der Waals surface area contributed by atoms with Crippen molar-refractivity contribution in [2.75, 3.05) is 0 Å². The molecule has 0 heterocycles. The third kappa shape index (κ3) is 3.19. The Bertz CT molecular complexity index is 495. The summed E-state index contributed by atoms with van der Waals surface area (Å²) in [7, 11) is -5.28. The van der Waals surface area contributed by atoms with E-state index in [9.17, 15) is 21.6 Å². The maximum atomic E-state index is 12.3. The van der Waals surface area contributed by atoms with Gasteiger partial charge in [0.25, 0.3) is 9.84 Å². The second-order valence-corrected chi connectivity index (χ2v) is 5.72. The molecule has 0 aliphatic heterocycles. The minimum absolute atomic E-state index is 0.251. The molecule has 7 heteroatoms. The van der Waals surface area contributed by atoms with Crippen molar-refractivity contribution in [2.45, 2.75) is 29.8 Å². The van der Waals surface area contributed by atoms with Crippen molar-refractivity contribution >= 4 is 9.84 Å². The summed E-state index contributed by atoms with van der Waals surface area (Å²) < 4.78 is 59.2. The molecule has 17 heavy (non-hydrogen) atoms. The molecule has 0 aliphatic rings. The maximum absolute atomic E-state index is 12.3. The number of alkyl halides is 3. The van der Waals surface area contributed by atoms with Gasteiger partial charge >= 0.3 is 5.51 Å². The Morgan fingerprint density at radius 1 is 1.35 bits per heavy atom. The molecule has 96 valence electrons. The Balaban J connectivity index is 3.17. The van der Waals surface area contributed by atoms with Gasteiger partial charge in [-0.25, -0.2) is 8.42 Å². The number of hydrogen-bond acceptors (Lipinski definition) is 3. The van der Waals surface area contributed by atoms with Gasteiger partial charge in [0, 0.05) is 6.04 Å². The van der Waals surface area contributed by atoms with Crippen LogP contribution in [0.25, 0.3) is 0 Å². The molecule has 0 radical (unpaired) electrons. The minimum atomic E-state index is -5.28. The summed E-state index contributed by atoms with van der Waals surface area (Å²) in [6, 6.07) is 4.49. The number of nitrogens with two attached hydrogens (primary N) is 1. The molecule has 2 N–H and O–H groups in total. The highest BCUT2D eigenvalue weighted by molar-refractivity contribution is 7.92. The summed E-state index contributed by atoms with van der Waals surface area (Å²) in [6.07, 6.45) is 0.321. The van der Waals surface area contributed by atoms with Crippen LogP contribution in [0.5, 0.6) is 0 Å². The number of rotatable bonds is 3. The van der Waals surface area contributed by atoms with Gasteiger partial charge in [-0.1, -0.05) is 12.1 Å². The van der Waals surface area contributed by atoms with Crippen LogP contribution in [-0.4, -0.2) is 20.0 Å². The molecule has 0 amide bonds. The summed E-state index contributed by atoms with van der Waals surface area (Å²) in [5, 5.41) is 0. The Kier molecular flexibility index (Phi) is 3.83. The fourth-order valence-electron chi connectivity index (χ4n) is 1.35. The molecule has 0 saturated heterocycles. The monoisotopic (exact) mass is 267 g/mol. The van der Waals surface area contributed by atoms with Gasteiger partial charge in [-0.05, 0) is 31.0 Å². The summed E-state index contributed by atoms with van der Waals surface area (Å²) in [6.45, 7) is 1.69. The van der Waals surface area contributed by atoms with Crippen LogP contribution in [-0.2, 0) is 16.3 Å². The van der Waals surface area contributed by atoms with Gasteiger partial charge < -0.3 is 5.73 Å². The van der Waals surface area contributed by atoms with Crippen molar-refractivity contribution in [1.82, 2.24) is 0 Å². The van der Waals surface area contributed by atoms with E-state index in [1.165, 1.54) is 6.07 Å². The van der Waals surface area contributed by atoms with E-state index in [1.54, 1.807) is 13.0 Å². The lowest BCUT2D eigenvalue weighted by molar-refractivity contribution is -0.0436. The van der Waals surface area contributed by atoms with E-state index >= 15 is 0 Å². The van der Waals surface area contributed by atoms with Crippen molar-refractivity contribution in [2.24, 2.45) is 5.73 Å². The second-order valence-electron chi connectivity index (χ2n) is 3.78. The summed E-state index contributed by atoms with van der Waals surface area (Å²) >= 11 is 0. The molecule has 3 nitrogen and oxygen atoms in total. The zero-order valence-corrected chi connectivity index (χ0v) is 9.85.